The predicted molar refractivity (Wildman–Crippen MR) is 110 cm³/mol. The molecule has 0 bridgehead atoms. The van der Waals surface area contributed by atoms with Gasteiger partial charge in [-0.15, -0.1) is 0 Å². The normalized spacial score (nSPS) is 22.5. The molecule has 29 heavy (non-hydrogen) atoms. The van der Waals surface area contributed by atoms with Gasteiger partial charge in [0.2, 0.25) is 5.88 Å². The smallest absolute Gasteiger partial charge is 0.259 e. The molecule has 2 fully saturated rings. The van der Waals surface area contributed by atoms with Crippen LogP contribution in [0.5, 0.6) is 11.6 Å². The molecule has 2 N–H and O–H groups in total. The zero-order valence-corrected chi connectivity index (χ0v) is 16.9. The number of rotatable bonds is 5. The van der Waals surface area contributed by atoms with Crippen LogP contribution < -0.4 is 20.3 Å². The maximum absolute atomic E-state index is 12.9. The number of hydrogen-bond donors (Lipinski definition) is 2. The van der Waals surface area contributed by atoms with Crippen molar-refractivity contribution in [3.8, 4) is 11.6 Å². The van der Waals surface area contributed by atoms with Gasteiger partial charge in [0.1, 0.15) is 11.3 Å². The maximum atomic E-state index is 12.9. The van der Waals surface area contributed by atoms with Crippen LogP contribution in [0.4, 0.5) is 0 Å². The van der Waals surface area contributed by atoms with Gasteiger partial charge in [-0.1, -0.05) is 12.1 Å². The van der Waals surface area contributed by atoms with Gasteiger partial charge in [-0.3, -0.25) is 15.6 Å². The molecule has 2 aromatic rings. The molecule has 1 amide bonds. The van der Waals surface area contributed by atoms with Crippen molar-refractivity contribution in [2.24, 2.45) is 5.92 Å². The van der Waals surface area contributed by atoms with E-state index in [2.05, 4.69) is 28.0 Å². The first kappa shape index (κ1) is 19.7. The first-order valence-electron chi connectivity index (χ1n) is 10.1. The SMILES string of the molecule is COc1cccc(C2CNNC2C2CCN(C(=O)c3cccnc3OC)CC2)c1. The summed E-state index contributed by atoms with van der Waals surface area (Å²) in [5.41, 5.74) is 8.63. The van der Waals surface area contributed by atoms with Gasteiger partial charge in [0.05, 0.1) is 14.2 Å². The van der Waals surface area contributed by atoms with Gasteiger partial charge in [-0.2, -0.15) is 0 Å². The summed E-state index contributed by atoms with van der Waals surface area (Å²) < 4.78 is 10.7. The summed E-state index contributed by atoms with van der Waals surface area (Å²) in [4.78, 5) is 19.0. The number of hydrazine groups is 1. The van der Waals surface area contributed by atoms with E-state index in [0.717, 1.165) is 38.2 Å². The second kappa shape index (κ2) is 8.80. The number of nitrogens with one attached hydrogen (secondary N) is 2. The Labute approximate surface area is 171 Å². The number of piperidine rings is 1. The fourth-order valence-corrected chi connectivity index (χ4v) is 4.51. The molecule has 2 atom stereocenters. The van der Waals surface area contributed by atoms with Gasteiger partial charge < -0.3 is 14.4 Å². The van der Waals surface area contributed by atoms with E-state index >= 15 is 0 Å². The second-order valence-electron chi connectivity index (χ2n) is 7.62. The fraction of sp³-hybridized carbons (Fsp3) is 0.455. The van der Waals surface area contributed by atoms with Crippen LogP contribution in [-0.2, 0) is 0 Å². The van der Waals surface area contributed by atoms with Crippen LogP contribution in [0.1, 0.15) is 34.7 Å². The second-order valence-corrected chi connectivity index (χ2v) is 7.62. The Hall–Kier alpha value is -2.64. The Bertz CT molecular complexity index is 851. The number of hydrogen-bond acceptors (Lipinski definition) is 6. The largest absolute Gasteiger partial charge is 0.497 e. The number of carbonyl (C=O) groups excluding carboxylic acids is 1. The minimum absolute atomic E-state index is 0.00440. The lowest BCUT2D eigenvalue weighted by Gasteiger charge is -2.36. The lowest BCUT2D eigenvalue weighted by atomic mass is 9.80. The van der Waals surface area contributed by atoms with Gasteiger partial charge in [-0.25, -0.2) is 4.98 Å². The van der Waals surface area contributed by atoms with Gasteiger partial charge in [-0.05, 0) is 48.6 Å². The molecule has 2 aliphatic heterocycles. The highest BCUT2D eigenvalue weighted by Gasteiger charge is 2.37. The summed E-state index contributed by atoms with van der Waals surface area (Å²) in [6, 6.07) is 12.2. The highest BCUT2D eigenvalue weighted by atomic mass is 16.5. The first-order valence-corrected chi connectivity index (χ1v) is 10.1. The molecule has 1 aromatic heterocycles. The van der Waals surface area contributed by atoms with Crippen molar-refractivity contribution in [1.29, 1.82) is 0 Å². The summed E-state index contributed by atoms with van der Waals surface area (Å²) in [6.07, 6.45) is 3.57. The van der Waals surface area contributed by atoms with Gasteiger partial charge in [0.25, 0.3) is 5.91 Å². The number of benzene rings is 1. The summed E-state index contributed by atoms with van der Waals surface area (Å²) in [5.74, 6) is 2.16. The number of methoxy groups -OCH3 is 2. The van der Waals surface area contributed by atoms with E-state index in [0.29, 0.717) is 29.3 Å². The Morgan fingerprint density at radius 3 is 2.72 bits per heavy atom. The number of likely N-dealkylation sites (tertiary alicyclic amines) is 1. The Morgan fingerprint density at radius 1 is 1.14 bits per heavy atom. The van der Waals surface area contributed by atoms with Crippen LogP contribution in [0.25, 0.3) is 0 Å². The molecular weight excluding hydrogens is 368 g/mol. The third kappa shape index (κ3) is 4.06. The number of carbonyl (C=O) groups is 1. The summed E-state index contributed by atoms with van der Waals surface area (Å²) in [7, 11) is 3.24. The minimum atomic E-state index is -0.00440. The average molecular weight is 396 g/mol. The molecule has 154 valence electrons. The molecule has 0 spiro atoms. The summed E-state index contributed by atoms with van der Waals surface area (Å²) in [6.45, 7) is 2.37. The van der Waals surface area contributed by atoms with Crippen LogP contribution in [0.3, 0.4) is 0 Å². The lowest BCUT2D eigenvalue weighted by Crippen LogP contribution is -2.45. The molecule has 2 unspecified atom stereocenters. The number of amides is 1. The third-order valence-electron chi connectivity index (χ3n) is 6.08. The molecule has 4 rings (SSSR count). The molecular formula is C22H28N4O3. The van der Waals surface area contributed by atoms with E-state index in [4.69, 9.17) is 9.47 Å². The molecule has 0 saturated carbocycles. The topological polar surface area (TPSA) is 75.7 Å². The highest BCUT2D eigenvalue weighted by Crippen LogP contribution is 2.34. The van der Waals surface area contributed by atoms with E-state index in [-0.39, 0.29) is 5.91 Å². The minimum Gasteiger partial charge on any atom is -0.497 e. The standard InChI is InChI=1S/C22H28N4O3/c1-28-17-6-3-5-16(13-17)19-14-24-25-20(19)15-8-11-26(12-9-15)22(27)18-7-4-10-23-21(18)29-2/h3-7,10,13,15,19-20,24-25H,8-9,11-12,14H2,1-2H3. The summed E-state index contributed by atoms with van der Waals surface area (Å²) in [5, 5.41) is 0. The molecule has 1 aromatic carbocycles. The van der Waals surface area contributed by atoms with E-state index in [1.165, 1.54) is 5.56 Å². The molecule has 7 nitrogen and oxygen atoms in total. The maximum Gasteiger partial charge on any atom is 0.259 e. The fourth-order valence-electron chi connectivity index (χ4n) is 4.51. The Kier molecular flexibility index (Phi) is 5.97. The van der Waals surface area contributed by atoms with Crippen molar-refractivity contribution in [2.45, 2.75) is 24.8 Å². The quantitative estimate of drug-likeness (QED) is 0.807. The van der Waals surface area contributed by atoms with Crippen LogP contribution in [-0.4, -0.2) is 55.7 Å². The van der Waals surface area contributed by atoms with Crippen LogP contribution >= 0.6 is 0 Å². The van der Waals surface area contributed by atoms with Crippen molar-refractivity contribution >= 4 is 5.91 Å². The van der Waals surface area contributed by atoms with Crippen molar-refractivity contribution in [3.63, 3.8) is 0 Å². The number of pyridine rings is 1. The third-order valence-corrected chi connectivity index (χ3v) is 6.08. The Balaban J connectivity index is 1.41. The van der Waals surface area contributed by atoms with Gasteiger partial charge in [0.15, 0.2) is 0 Å². The Morgan fingerprint density at radius 2 is 1.97 bits per heavy atom. The summed E-state index contributed by atoms with van der Waals surface area (Å²) >= 11 is 0. The average Bonchev–Trinajstić information content (AvgIpc) is 3.28. The molecule has 2 saturated heterocycles. The predicted octanol–water partition coefficient (Wildman–Crippen LogP) is 2.21. The zero-order valence-electron chi connectivity index (χ0n) is 16.9. The number of nitrogens with zero attached hydrogens (tertiary/aromatic N) is 2. The van der Waals surface area contributed by atoms with Gasteiger partial charge in [0, 0.05) is 37.8 Å². The molecule has 3 heterocycles. The molecule has 0 aliphatic carbocycles. The lowest BCUT2D eigenvalue weighted by molar-refractivity contribution is 0.0666. The first-order chi connectivity index (χ1) is 14.2. The van der Waals surface area contributed by atoms with E-state index in [1.54, 1.807) is 32.5 Å². The monoisotopic (exact) mass is 396 g/mol. The zero-order chi connectivity index (χ0) is 20.2. The molecule has 0 radical (unpaired) electrons. The van der Waals surface area contributed by atoms with Crippen LogP contribution in [0.15, 0.2) is 42.6 Å². The van der Waals surface area contributed by atoms with E-state index in [1.807, 2.05) is 17.0 Å². The van der Waals surface area contributed by atoms with Crippen molar-refractivity contribution < 1.29 is 14.3 Å². The van der Waals surface area contributed by atoms with E-state index < -0.39 is 0 Å². The van der Waals surface area contributed by atoms with Crippen molar-refractivity contribution in [2.75, 3.05) is 33.9 Å². The van der Waals surface area contributed by atoms with Crippen molar-refractivity contribution in [3.05, 3.63) is 53.7 Å². The highest BCUT2D eigenvalue weighted by molar-refractivity contribution is 5.96. The van der Waals surface area contributed by atoms with Crippen molar-refractivity contribution in [1.82, 2.24) is 20.7 Å². The molecule has 7 heteroatoms. The van der Waals surface area contributed by atoms with E-state index in [9.17, 15) is 4.79 Å². The van der Waals surface area contributed by atoms with Crippen LogP contribution in [0.2, 0.25) is 0 Å². The van der Waals surface area contributed by atoms with Gasteiger partial charge >= 0.3 is 0 Å². The van der Waals surface area contributed by atoms with Crippen LogP contribution in [0, 0.1) is 5.92 Å². The number of aromatic nitrogens is 1. The number of ether oxygens (including phenoxy) is 2. The molecule has 2 aliphatic rings.